The van der Waals surface area contributed by atoms with Gasteiger partial charge in [-0.15, -0.1) is 0 Å². The Balaban J connectivity index is 1.26. The SMILES string of the molecule is c1ccc(N(c2ccc3c(ccc4ccc5ccccc5c43)c2)c2ccc3c(c2)oc2c4ccccc4ccc32)cc1. The molecule has 8 aromatic carbocycles. The van der Waals surface area contributed by atoms with Gasteiger partial charge in [-0.25, -0.2) is 0 Å². The van der Waals surface area contributed by atoms with Gasteiger partial charge in [0.2, 0.25) is 0 Å². The van der Waals surface area contributed by atoms with Crippen molar-refractivity contribution in [2.75, 3.05) is 4.90 Å². The molecule has 0 atom stereocenters. The molecule has 0 radical (unpaired) electrons. The second-order valence-corrected chi connectivity index (χ2v) is 11.0. The summed E-state index contributed by atoms with van der Waals surface area (Å²) >= 11 is 0. The fourth-order valence-electron chi connectivity index (χ4n) is 6.62. The van der Waals surface area contributed by atoms with Crippen molar-refractivity contribution in [2.24, 2.45) is 0 Å². The molecule has 0 spiro atoms. The Hall–Kier alpha value is -5.60. The minimum Gasteiger partial charge on any atom is -0.455 e. The lowest BCUT2D eigenvalue weighted by Gasteiger charge is -2.26. The van der Waals surface area contributed by atoms with E-state index in [1.807, 2.05) is 0 Å². The Morgan fingerprint density at radius 3 is 1.76 bits per heavy atom. The number of anilines is 3. The molecule has 42 heavy (non-hydrogen) atoms. The van der Waals surface area contributed by atoms with Crippen molar-refractivity contribution >= 4 is 82.1 Å². The normalized spacial score (nSPS) is 11.8. The summed E-state index contributed by atoms with van der Waals surface area (Å²) in [6.07, 6.45) is 0. The summed E-state index contributed by atoms with van der Waals surface area (Å²) in [4.78, 5) is 2.32. The number of para-hydroxylation sites is 1. The van der Waals surface area contributed by atoms with Gasteiger partial charge in [0, 0.05) is 39.3 Å². The molecule has 2 heteroatoms. The zero-order valence-electron chi connectivity index (χ0n) is 22.8. The molecule has 1 heterocycles. The fraction of sp³-hybridized carbons (Fsp3) is 0. The number of furan rings is 1. The molecule has 0 fully saturated rings. The van der Waals surface area contributed by atoms with E-state index in [0.29, 0.717) is 0 Å². The summed E-state index contributed by atoms with van der Waals surface area (Å²) in [7, 11) is 0. The van der Waals surface area contributed by atoms with Gasteiger partial charge in [0.1, 0.15) is 11.2 Å². The van der Waals surface area contributed by atoms with Crippen molar-refractivity contribution in [1.29, 1.82) is 0 Å². The van der Waals surface area contributed by atoms with E-state index >= 15 is 0 Å². The quantitative estimate of drug-likeness (QED) is 0.209. The summed E-state index contributed by atoms with van der Waals surface area (Å²) in [6, 6.07) is 54.3. The highest BCUT2D eigenvalue weighted by atomic mass is 16.3. The third-order valence-corrected chi connectivity index (χ3v) is 8.59. The van der Waals surface area contributed by atoms with Gasteiger partial charge in [-0.1, -0.05) is 103 Å². The first kappa shape index (κ1) is 23.1. The zero-order chi connectivity index (χ0) is 27.6. The first-order valence-corrected chi connectivity index (χ1v) is 14.4. The largest absolute Gasteiger partial charge is 0.455 e. The minimum atomic E-state index is 0.887. The van der Waals surface area contributed by atoms with E-state index in [1.54, 1.807) is 0 Å². The molecule has 2 nitrogen and oxygen atoms in total. The second-order valence-electron chi connectivity index (χ2n) is 11.0. The molecule has 9 aromatic rings. The molecule has 9 rings (SSSR count). The van der Waals surface area contributed by atoms with Gasteiger partial charge >= 0.3 is 0 Å². The predicted octanol–water partition coefficient (Wildman–Crippen LogP) is 11.7. The third kappa shape index (κ3) is 3.45. The molecule has 0 saturated heterocycles. The molecule has 0 saturated carbocycles. The number of hydrogen-bond donors (Lipinski definition) is 0. The Morgan fingerprint density at radius 2 is 0.929 bits per heavy atom. The Labute approximate surface area is 242 Å². The van der Waals surface area contributed by atoms with Crippen molar-refractivity contribution in [1.82, 2.24) is 0 Å². The maximum Gasteiger partial charge on any atom is 0.143 e. The van der Waals surface area contributed by atoms with Crippen LogP contribution in [0, 0.1) is 0 Å². The van der Waals surface area contributed by atoms with Gasteiger partial charge in [-0.05, 0) is 80.2 Å². The van der Waals surface area contributed by atoms with Crippen molar-refractivity contribution in [2.45, 2.75) is 0 Å². The van der Waals surface area contributed by atoms with Crippen LogP contribution >= 0.6 is 0 Å². The topological polar surface area (TPSA) is 16.4 Å². The van der Waals surface area contributed by atoms with Crippen molar-refractivity contribution < 1.29 is 4.42 Å². The van der Waals surface area contributed by atoms with Gasteiger partial charge in [-0.3, -0.25) is 0 Å². The molecule has 1 aromatic heterocycles. The molecule has 196 valence electrons. The van der Waals surface area contributed by atoms with E-state index < -0.39 is 0 Å². The summed E-state index contributed by atoms with van der Waals surface area (Å²) in [6.45, 7) is 0. The van der Waals surface area contributed by atoms with Crippen LogP contribution in [-0.4, -0.2) is 0 Å². The highest BCUT2D eigenvalue weighted by Crippen LogP contribution is 2.41. The van der Waals surface area contributed by atoms with E-state index in [4.69, 9.17) is 4.42 Å². The number of rotatable bonds is 3. The Bertz CT molecular complexity index is 2470. The molecule has 0 aliphatic rings. The number of nitrogens with zero attached hydrogens (tertiary/aromatic N) is 1. The minimum absolute atomic E-state index is 0.887. The average molecular weight is 536 g/mol. The van der Waals surface area contributed by atoms with Crippen LogP contribution in [0.4, 0.5) is 17.1 Å². The standard InChI is InChI=1S/C40H25NO/c1-2-10-30(11-3-1)41(32-20-23-36-37-21-18-27-9-5-7-13-35(27)40(37)42-38(36)25-32)31-19-22-34-29(24-31)17-16-28-15-14-26-8-4-6-12-33(26)39(28)34/h1-25H. The van der Waals surface area contributed by atoms with Gasteiger partial charge in [0.15, 0.2) is 0 Å². The molecule has 0 bridgehead atoms. The molecule has 0 amide bonds. The lowest BCUT2D eigenvalue weighted by Crippen LogP contribution is -2.09. The molecular weight excluding hydrogens is 510 g/mol. The monoisotopic (exact) mass is 535 g/mol. The molecule has 0 N–H and O–H groups in total. The van der Waals surface area contributed by atoms with Gasteiger partial charge in [0.25, 0.3) is 0 Å². The maximum absolute atomic E-state index is 6.56. The molecule has 0 aliphatic heterocycles. The van der Waals surface area contributed by atoms with Crippen LogP contribution in [0.15, 0.2) is 156 Å². The Morgan fingerprint density at radius 1 is 0.357 bits per heavy atom. The van der Waals surface area contributed by atoms with Crippen LogP contribution in [0.2, 0.25) is 0 Å². The van der Waals surface area contributed by atoms with Crippen LogP contribution in [0.1, 0.15) is 0 Å². The zero-order valence-corrected chi connectivity index (χ0v) is 22.8. The van der Waals surface area contributed by atoms with Crippen molar-refractivity contribution in [3.8, 4) is 0 Å². The van der Waals surface area contributed by atoms with E-state index in [0.717, 1.165) is 44.4 Å². The highest BCUT2D eigenvalue weighted by Gasteiger charge is 2.17. The molecule has 0 unspecified atom stereocenters. The van der Waals surface area contributed by atoms with E-state index in [9.17, 15) is 0 Å². The van der Waals surface area contributed by atoms with Gasteiger partial charge in [0.05, 0.1) is 0 Å². The van der Waals surface area contributed by atoms with Crippen molar-refractivity contribution in [3.05, 3.63) is 152 Å². The van der Waals surface area contributed by atoms with Crippen LogP contribution in [0.25, 0.3) is 65.0 Å². The lowest BCUT2D eigenvalue weighted by molar-refractivity contribution is 0.672. The van der Waals surface area contributed by atoms with E-state index in [1.165, 1.54) is 37.7 Å². The van der Waals surface area contributed by atoms with E-state index in [-0.39, 0.29) is 0 Å². The smallest absolute Gasteiger partial charge is 0.143 e. The van der Waals surface area contributed by atoms with Crippen LogP contribution < -0.4 is 4.90 Å². The van der Waals surface area contributed by atoms with Crippen molar-refractivity contribution in [3.63, 3.8) is 0 Å². The first-order chi connectivity index (χ1) is 20.8. The lowest BCUT2D eigenvalue weighted by atomic mass is 9.96. The Kier molecular flexibility index (Phi) is 4.93. The first-order valence-electron chi connectivity index (χ1n) is 14.4. The highest BCUT2D eigenvalue weighted by molar-refractivity contribution is 6.20. The molecule has 0 aliphatic carbocycles. The van der Waals surface area contributed by atoms with Crippen LogP contribution in [0.3, 0.4) is 0 Å². The van der Waals surface area contributed by atoms with Crippen LogP contribution in [0.5, 0.6) is 0 Å². The van der Waals surface area contributed by atoms with E-state index in [2.05, 4.69) is 157 Å². The summed E-state index contributed by atoms with van der Waals surface area (Å²) in [5.41, 5.74) is 5.09. The summed E-state index contributed by atoms with van der Waals surface area (Å²) in [5, 5.41) is 12.2. The van der Waals surface area contributed by atoms with Crippen LogP contribution in [-0.2, 0) is 0 Å². The number of benzene rings is 8. The summed E-state index contributed by atoms with van der Waals surface area (Å²) in [5.74, 6) is 0. The van der Waals surface area contributed by atoms with Gasteiger partial charge < -0.3 is 9.32 Å². The maximum atomic E-state index is 6.56. The fourth-order valence-corrected chi connectivity index (χ4v) is 6.62. The molecular formula is C40H25NO. The van der Waals surface area contributed by atoms with Gasteiger partial charge in [-0.2, -0.15) is 0 Å². The second kappa shape index (κ2) is 8.95. The summed E-state index contributed by atoms with van der Waals surface area (Å²) < 4.78 is 6.56. The average Bonchev–Trinajstić information content (AvgIpc) is 3.43. The third-order valence-electron chi connectivity index (χ3n) is 8.59. The predicted molar refractivity (Wildman–Crippen MR) is 178 cm³/mol. The number of fused-ring (bicyclic) bond motifs is 10. The number of hydrogen-bond acceptors (Lipinski definition) is 2.